The Kier molecular flexibility index (Phi) is 36.1. The third-order valence-electron chi connectivity index (χ3n) is 9.77. The molecule has 0 saturated carbocycles. The van der Waals surface area contributed by atoms with E-state index in [9.17, 15) is 30.3 Å². The normalized spacial score (nSPS) is 21.8. The summed E-state index contributed by atoms with van der Waals surface area (Å²) in [5.41, 5.74) is 0. The van der Waals surface area contributed by atoms with Crippen LogP contribution in [0.4, 0.5) is 0 Å². The molecule has 6 N–H and O–H groups in total. The molecule has 1 rings (SSSR count). The molecular formula is C51H81NO8. The number of rotatable bonds is 35. The molecule has 0 bridgehead atoms. The summed E-state index contributed by atoms with van der Waals surface area (Å²) in [6.07, 6.45) is 52.5. The van der Waals surface area contributed by atoms with Gasteiger partial charge in [0.05, 0.1) is 25.4 Å². The highest BCUT2D eigenvalue weighted by Crippen LogP contribution is 2.22. The van der Waals surface area contributed by atoms with E-state index in [1.165, 1.54) is 25.7 Å². The lowest BCUT2D eigenvalue weighted by Gasteiger charge is -2.40. The molecule has 60 heavy (non-hydrogen) atoms. The van der Waals surface area contributed by atoms with Gasteiger partial charge in [-0.15, -0.1) is 0 Å². The Bertz CT molecular complexity index is 1340. The number of aliphatic hydroxyl groups excluding tert-OH is 5. The Balaban J connectivity index is 2.35. The molecule has 338 valence electrons. The number of allylic oxidation sites excluding steroid dienone is 19. The van der Waals surface area contributed by atoms with E-state index in [1.807, 2.05) is 6.08 Å². The van der Waals surface area contributed by atoms with Gasteiger partial charge in [-0.2, -0.15) is 0 Å². The Morgan fingerprint density at radius 3 is 1.57 bits per heavy atom. The minimum atomic E-state index is -1.59. The first-order valence-corrected chi connectivity index (χ1v) is 22.8. The van der Waals surface area contributed by atoms with E-state index in [2.05, 4.69) is 129 Å². The molecule has 7 atom stereocenters. The van der Waals surface area contributed by atoms with Crippen LogP contribution in [0.1, 0.15) is 136 Å². The van der Waals surface area contributed by atoms with Crippen molar-refractivity contribution in [2.24, 2.45) is 0 Å². The van der Waals surface area contributed by atoms with Crippen LogP contribution in [0.5, 0.6) is 0 Å². The molecular weight excluding hydrogens is 755 g/mol. The van der Waals surface area contributed by atoms with Gasteiger partial charge in [-0.3, -0.25) is 4.79 Å². The lowest BCUT2D eigenvalue weighted by molar-refractivity contribution is -0.302. The zero-order valence-corrected chi connectivity index (χ0v) is 36.9. The van der Waals surface area contributed by atoms with Crippen molar-refractivity contribution in [3.05, 3.63) is 122 Å². The Hall–Kier alpha value is -3.41. The van der Waals surface area contributed by atoms with Gasteiger partial charge in [-0.1, -0.05) is 155 Å². The minimum Gasteiger partial charge on any atom is -0.394 e. The number of ether oxygens (including phenoxy) is 2. The number of aliphatic hydroxyl groups is 5. The molecule has 9 nitrogen and oxygen atoms in total. The van der Waals surface area contributed by atoms with Crippen LogP contribution in [0.25, 0.3) is 0 Å². The molecule has 1 heterocycles. The molecule has 1 amide bonds. The Morgan fingerprint density at radius 1 is 0.583 bits per heavy atom. The first kappa shape index (κ1) is 54.6. The molecule has 0 aromatic heterocycles. The Morgan fingerprint density at radius 2 is 1.05 bits per heavy atom. The maximum Gasteiger partial charge on any atom is 0.220 e. The van der Waals surface area contributed by atoms with Gasteiger partial charge in [0, 0.05) is 6.42 Å². The molecule has 1 aliphatic rings. The van der Waals surface area contributed by atoms with Gasteiger partial charge in [-0.25, -0.2) is 0 Å². The third kappa shape index (κ3) is 29.8. The van der Waals surface area contributed by atoms with Crippen molar-refractivity contribution in [1.29, 1.82) is 0 Å². The SMILES string of the molecule is CC/C=C\C/C=C\C/C=C\C/C=C\C/C=C\C/C=C\C/C=C\C/C=C\CCCCC(=O)NC(COC1OC(CO)C(O)C(O)C1O)C(O)/C=C/CC/C=C/CCCCCC. The predicted octanol–water partition coefficient (Wildman–Crippen LogP) is 9.66. The molecule has 0 spiro atoms. The highest BCUT2D eigenvalue weighted by molar-refractivity contribution is 5.76. The second-order valence-corrected chi connectivity index (χ2v) is 15.1. The number of carbonyl (C=O) groups excluding carboxylic acids is 1. The van der Waals surface area contributed by atoms with Crippen LogP contribution in [0.3, 0.4) is 0 Å². The highest BCUT2D eigenvalue weighted by Gasteiger charge is 2.44. The third-order valence-corrected chi connectivity index (χ3v) is 9.77. The van der Waals surface area contributed by atoms with Gasteiger partial charge < -0.3 is 40.3 Å². The molecule has 7 unspecified atom stereocenters. The van der Waals surface area contributed by atoms with E-state index in [4.69, 9.17) is 9.47 Å². The monoisotopic (exact) mass is 836 g/mol. The van der Waals surface area contributed by atoms with Gasteiger partial charge in [-0.05, 0) is 96.3 Å². The average molecular weight is 836 g/mol. The summed E-state index contributed by atoms with van der Waals surface area (Å²) in [7, 11) is 0. The highest BCUT2D eigenvalue weighted by atomic mass is 16.7. The van der Waals surface area contributed by atoms with Gasteiger partial charge in [0.25, 0.3) is 0 Å². The smallest absolute Gasteiger partial charge is 0.220 e. The number of hydrogen-bond donors (Lipinski definition) is 6. The fourth-order valence-electron chi connectivity index (χ4n) is 6.12. The van der Waals surface area contributed by atoms with Crippen molar-refractivity contribution < 1.29 is 39.8 Å². The average Bonchev–Trinajstić information content (AvgIpc) is 3.25. The molecule has 0 aromatic rings. The van der Waals surface area contributed by atoms with Crippen molar-refractivity contribution in [2.75, 3.05) is 13.2 Å². The summed E-state index contributed by atoms with van der Waals surface area (Å²) in [6, 6.07) is -0.852. The number of carbonyl (C=O) groups is 1. The van der Waals surface area contributed by atoms with E-state index < -0.39 is 49.5 Å². The lowest BCUT2D eigenvalue weighted by atomic mass is 9.99. The van der Waals surface area contributed by atoms with Crippen molar-refractivity contribution in [3.8, 4) is 0 Å². The van der Waals surface area contributed by atoms with Crippen LogP contribution in [-0.4, -0.2) is 87.5 Å². The van der Waals surface area contributed by atoms with Crippen LogP contribution in [-0.2, 0) is 14.3 Å². The van der Waals surface area contributed by atoms with Crippen LogP contribution >= 0.6 is 0 Å². The molecule has 0 aromatic carbocycles. The molecule has 0 aliphatic carbocycles. The first-order chi connectivity index (χ1) is 29.3. The molecule has 1 saturated heterocycles. The minimum absolute atomic E-state index is 0.228. The van der Waals surface area contributed by atoms with Gasteiger partial charge in [0.1, 0.15) is 24.4 Å². The summed E-state index contributed by atoms with van der Waals surface area (Å²) < 4.78 is 11.1. The van der Waals surface area contributed by atoms with Crippen LogP contribution < -0.4 is 5.32 Å². The zero-order chi connectivity index (χ0) is 43.7. The predicted molar refractivity (Wildman–Crippen MR) is 248 cm³/mol. The second kappa shape index (κ2) is 39.7. The summed E-state index contributed by atoms with van der Waals surface area (Å²) in [6.45, 7) is 3.54. The van der Waals surface area contributed by atoms with E-state index in [1.54, 1.807) is 6.08 Å². The van der Waals surface area contributed by atoms with E-state index in [-0.39, 0.29) is 18.9 Å². The zero-order valence-electron chi connectivity index (χ0n) is 36.9. The van der Waals surface area contributed by atoms with Crippen LogP contribution in [0.2, 0.25) is 0 Å². The number of unbranched alkanes of at least 4 members (excludes halogenated alkanes) is 7. The van der Waals surface area contributed by atoms with Crippen molar-refractivity contribution in [3.63, 3.8) is 0 Å². The molecule has 0 radical (unpaired) electrons. The standard InChI is InChI=1S/C51H81NO8/c1-3-5-7-9-11-13-15-16-17-18-19-20-21-22-23-24-25-26-27-28-29-30-31-33-35-37-39-41-47(55)52-44(43-59-51-50(58)49(57)48(56)46(42-53)60-51)45(54)40-38-36-34-32-14-12-10-8-6-4-2/h5,7,11,13-14,16-17,19-20,22-23,25-26,28-29,31-33,38,40,44-46,48-51,53-54,56-58H,3-4,6,8-10,12,15,18,21,24,27,30,34-37,39,41-43H2,1-2H3,(H,52,55)/b7-5-,13-11-,17-16-,20-19-,23-22-,26-25-,29-28-,32-14+,33-31-,40-38+. The second-order valence-electron chi connectivity index (χ2n) is 15.1. The van der Waals surface area contributed by atoms with Gasteiger partial charge in [0.2, 0.25) is 5.91 Å². The topological polar surface area (TPSA) is 149 Å². The fraction of sp³-hybridized carbons (Fsp3) is 0.588. The maximum absolute atomic E-state index is 12.9. The van der Waals surface area contributed by atoms with Crippen molar-refractivity contribution in [1.82, 2.24) is 5.32 Å². The fourth-order valence-corrected chi connectivity index (χ4v) is 6.12. The van der Waals surface area contributed by atoms with Crippen molar-refractivity contribution >= 4 is 5.91 Å². The summed E-state index contributed by atoms with van der Waals surface area (Å²) in [5.74, 6) is -0.239. The number of hydrogen-bond acceptors (Lipinski definition) is 8. The van der Waals surface area contributed by atoms with Crippen LogP contribution in [0, 0.1) is 0 Å². The molecule has 1 fully saturated rings. The summed E-state index contributed by atoms with van der Waals surface area (Å²) in [4.78, 5) is 12.9. The van der Waals surface area contributed by atoms with Crippen LogP contribution in [0.15, 0.2) is 122 Å². The summed E-state index contributed by atoms with van der Waals surface area (Å²) >= 11 is 0. The van der Waals surface area contributed by atoms with Crippen molar-refractivity contribution in [2.45, 2.75) is 179 Å². The number of nitrogens with one attached hydrogen (secondary N) is 1. The molecule has 9 heteroatoms. The first-order valence-electron chi connectivity index (χ1n) is 22.8. The maximum atomic E-state index is 12.9. The lowest BCUT2D eigenvalue weighted by Crippen LogP contribution is -2.60. The largest absolute Gasteiger partial charge is 0.394 e. The van der Waals surface area contributed by atoms with Gasteiger partial charge in [0.15, 0.2) is 6.29 Å². The Labute approximate surface area is 363 Å². The quantitative estimate of drug-likeness (QED) is 0.0273. The van der Waals surface area contributed by atoms with E-state index in [0.717, 1.165) is 83.5 Å². The van der Waals surface area contributed by atoms with E-state index >= 15 is 0 Å². The van der Waals surface area contributed by atoms with E-state index in [0.29, 0.717) is 6.42 Å². The molecule has 1 aliphatic heterocycles. The summed E-state index contributed by atoms with van der Waals surface area (Å²) in [5, 5.41) is 54.0. The van der Waals surface area contributed by atoms with Gasteiger partial charge >= 0.3 is 0 Å². The number of amides is 1.